The molecule has 2 aliphatic rings. The molecular formula is C25H16F3N3OS2. The molecule has 1 unspecified atom stereocenters. The summed E-state index contributed by atoms with van der Waals surface area (Å²) in [6, 6.07) is 20.4. The largest absolute Gasteiger partial charge is 0.435 e. The van der Waals surface area contributed by atoms with Crippen LogP contribution in [0.25, 0.3) is 15.8 Å². The molecule has 0 spiro atoms. The molecule has 3 aromatic carbocycles. The predicted octanol–water partition coefficient (Wildman–Crippen LogP) is 6.43. The topological polar surface area (TPSA) is 45.2 Å². The summed E-state index contributed by atoms with van der Waals surface area (Å²) in [6.45, 7) is 1.81. The lowest BCUT2D eigenvalue weighted by Gasteiger charge is -2.47. The second-order valence-electron chi connectivity index (χ2n) is 8.10. The van der Waals surface area contributed by atoms with Gasteiger partial charge in [-0.15, -0.1) is 11.3 Å². The van der Waals surface area contributed by atoms with Crippen LogP contribution < -0.4 is 10.2 Å². The van der Waals surface area contributed by atoms with Gasteiger partial charge in [0.1, 0.15) is 10.6 Å². The van der Waals surface area contributed by atoms with Gasteiger partial charge in [-0.2, -0.15) is 13.2 Å². The molecule has 1 atom stereocenters. The summed E-state index contributed by atoms with van der Waals surface area (Å²) in [7, 11) is 0. The van der Waals surface area contributed by atoms with Gasteiger partial charge in [0.2, 0.25) is 5.66 Å². The van der Waals surface area contributed by atoms with Gasteiger partial charge in [0.05, 0.1) is 20.9 Å². The van der Waals surface area contributed by atoms with E-state index in [9.17, 15) is 4.79 Å². The molecule has 3 heterocycles. The Morgan fingerprint density at radius 2 is 1.68 bits per heavy atom. The van der Waals surface area contributed by atoms with Gasteiger partial charge >= 0.3 is 6.18 Å². The van der Waals surface area contributed by atoms with E-state index in [2.05, 4.69) is 10.3 Å². The van der Waals surface area contributed by atoms with Crippen molar-refractivity contribution in [3.05, 3.63) is 94.0 Å². The summed E-state index contributed by atoms with van der Waals surface area (Å²) >= 11 is 2.45. The van der Waals surface area contributed by atoms with Crippen LogP contribution in [0.3, 0.4) is 0 Å². The molecule has 4 nitrogen and oxygen atoms in total. The zero-order valence-corrected chi connectivity index (χ0v) is 19.3. The normalized spacial score (nSPS) is 19.9. The number of alkyl halides is 3. The van der Waals surface area contributed by atoms with Crippen molar-refractivity contribution in [2.24, 2.45) is 0 Å². The Kier molecular flexibility index (Phi) is 4.59. The molecule has 0 fully saturated rings. The summed E-state index contributed by atoms with van der Waals surface area (Å²) in [5.41, 5.74) is -0.759. The zero-order valence-electron chi connectivity index (χ0n) is 17.7. The Morgan fingerprint density at radius 1 is 0.971 bits per heavy atom. The zero-order chi connectivity index (χ0) is 23.7. The number of nitrogens with one attached hydrogen (secondary N) is 1. The number of amides is 1. The maximum absolute atomic E-state index is 15.1. The van der Waals surface area contributed by atoms with E-state index in [1.807, 2.05) is 24.3 Å². The minimum absolute atomic E-state index is 0.0582. The Hall–Kier alpha value is -3.30. The highest BCUT2D eigenvalue weighted by Crippen LogP contribution is 2.59. The number of hydrogen-bond acceptors (Lipinski definition) is 5. The number of para-hydroxylation sites is 2. The molecule has 0 bridgehead atoms. The molecule has 9 heteroatoms. The second-order valence-corrected chi connectivity index (χ2v) is 10.2. The lowest BCUT2D eigenvalue weighted by Crippen LogP contribution is -2.68. The Balaban J connectivity index is 1.67. The van der Waals surface area contributed by atoms with Gasteiger partial charge in [-0.3, -0.25) is 9.69 Å². The molecule has 0 saturated carbocycles. The SMILES string of the molecule is Cc1ccc(C2(C(F)(F)F)NC(=O)C(c3nc4ccccc4s3)=C3Sc4ccccc4N32)cc1. The molecule has 1 amide bonds. The summed E-state index contributed by atoms with van der Waals surface area (Å²) in [4.78, 5) is 20.0. The van der Waals surface area contributed by atoms with Crippen molar-refractivity contribution in [1.29, 1.82) is 0 Å². The fraction of sp³-hybridized carbons (Fsp3) is 0.120. The van der Waals surface area contributed by atoms with Crippen molar-refractivity contribution >= 4 is 50.5 Å². The number of halogens is 3. The van der Waals surface area contributed by atoms with Crippen LogP contribution in [0.2, 0.25) is 0 Å². The molecule has 0 radical (unpaired) electrons. The molecule has 6 rings (SSSR count). The van der Waals surface area contributed by atoms with E-state index in [1.54, 1.807) is 43.3 Å². The highest BCUT2D eigenvalue weighted by molar-refractivity contribution is 8.04. The van der Waals surface area contributed by atoms with Crippen LogP contribution in [0.4, 0.5) is 18.9 Å². The standard InChI is InChI=1S/C25H16F3N3OS2/c1-14-10-12-15(13-11-14)24(25(26,27)28)30-21(32)20(22-29-16-6-2-4-8-18(16)33-22)23-31(24)17-7-3-5-9-19(17)34-23/h2-13H,1H3,(H,30,32). The van der Waals surface area contributed by atoms with Gasteiger partial charge in [-0.25, -0.2) is 4.98 Å². The fourth-order valence-electron chi connectivity index (χ4n) is 4.39. The van der Waals surface area contributed by atoms with E-state index in [1.165, 1.54) is 28.4 Å². The first kappa shape index (κ1) is 21.2. The third-order valence-corrected chi connectivity index (χ3v) is 8.17. The minimum atomic E-state index is -4.82. The van der Waals surface area contributed by atoms with Crippen LogP contribution in [0.5, 0.6) is 0 Å². The van der Waals surface area contributed by atoms with Crippen LogP contribution >= 0.6 is 23.1 Å². The number of fused-ring (bicyclic) bond motifs is 4. The van der Waals surface area contributed by atoms with Crippen LogP contribution in [0.1, 0.15) is 16.1 Å². The average molecular weight is 496 g/mol. The van der Waals surface area contributed by atoms with Crippen LogP contribution in [-0.4, -0.2) is 17.1 Å². The fourth-order valence-corrected chi connectivity index (χ4v) is 6.70. The van der Waals surface area contributed by atoms with Crippen LogP contribution in [-0.2, 0) is 10.5 Å². The lowest BCUT2D eigenvalue weighted by atomic mass is 9.92. The van der Waals surface area contributed by atoms with Crippen molar-refractivity contribution in [1.82, 2.24) is 10.3 Å². The molecule has 0 aliphatic carbocycles. The van der Waals surface area contributed by atoms with Crippen molar-refractivity contribution in [2.45, 2.75) is 23.7 Å². The second kappa shape index (κ2) is 7.35. The van der Waals surface area contributed by atoms with Crippen molar-refractivity contribution < 1.29 is 18.0 Å². The number of anilines is 1. The molecule has 1 aromatic heterocycles. The van der Waals surface area contributed by atoms with Gasteiger partial charge in [-0.1, -0.05) is 65.9 Å². The maximum Gasteiger partial charge on any atom is 0.435 e. The van der Waals surface area contributed by atoms with Crippen molar-refractivity contribution in [3.63, 3.8) is 0 Å². The highest BCUT2D eigenvalue weighted by Gasteiger charge is 2.66. The number of thiazole rings is 1. The first-order chi connectivity index (χ1) is 16.3. The number of benzene rings is 3. The van der Waals surface area contributed by atoms with Crippen LogP contribution in [0, 0.1) is 6.92 Å². The van der Waals surface area contributed by atoms with E-state index < -0.39 is 17.7 Å². The smallest absolute Gasteiger partial charge is 0.317 e. The molecule has 2 aliphatic heterocycles. The van der Waals surface area contributed by atoms with Gasteiger partial charge in [-0.05, 0) is 31.2 Å². The van der Waals surface area contributed by atoms with E-state index in [-0.39, 0.29) is 16.2 Å². The monoisotopic (exact) mass is 495 g/mol. The number of aryl methyl sites for hydroxylation is 1. The number of thioether (sulfide) groups is 1. The number of nitrogens with zero attached hydrogens (tertiary/aromatic N) is 2. The third-order valence-electron chi connectivity index (χ3n) is 5.97. The van der Waals surface area contributed by atoms with E-state index in [0.717, 1.165) is 22.0 Å². The number of carbonyl (C=O) groups is 1. The Labute approximate surface area is 201 Å². The van der Waals surface area contributed by atoms with Gasteiger partial charge in [0.15, 0.2) is 0 Å². The van der Waals surface area contributed by atoms with Crippen LogP contribution in [0.15, 0.2) is 82.7 Å². The molecule has 4 aromatic rings. The van der Waals surface area contributed by atoms with Gasteiger partial charge in [0, 0.05) is 10.5 Å². The van der Waals surface area contributed by atoms with Crippen molar-refractivity contribution in [2.75, 3.05) is 4.90 Å². The minimum Gasteiger partial charge on any atom is -0.317 e. The Bertz CT molecular complexity index is 1460. The first-order valence-corrected chi connectivity index (χ1v) is 12.1. The highest BCUT2D eigenvalue weighted by atomic mass is 32.2. The number of carbonyl (C=O) groups excluding carboxylic acids is 1. The quantitative estimate of drug-likeness (QED) is 0.348. The predicted molar refractivity (Wildman–Crippen MR) is 128 cm³/mol. The molecule has 170 valence electrons. The van der Waals surface area contributed by atoms with Gasteiger partial charge in [0.25, 0.3) is 5.91 Å². The van der Waals surface area contributed by atoms with E-state index in [0.29, 0.717) is 21.1 Å². The summed E-state index contributed by atoms with van der Waals surface area (Å²) < 4.78 is 46.1. The van der Waals surface area contributed by atoms with Gasteiger partial charge < -0.3 is 5.32 Å². The lowest BCUT2D eigenvalue weighted by molar-refractivity contribution is -0.201. The van der Waals surface area contributed by atoms with E-state index >= 15 is 13.2 Å². The third kappa shape index (κ3) is 2.93. The maximum atomic E-state index is 15.1. The van der Waals surface area contributed by atoms with E-state index in [4.69, 9.17) is 0 Å². The molecule has 34 heavy (non-hydrogen) atoms. The summed E-state index contributed by atoms with van der Waals surface area (Å²) in [5, 5.41) is 2.98. The number of aromatic nitrogens is 1. The summed E-state index contributed by atoms with van der Waals surface area (Å²) in [6.07, 6.45) is -4.82. The molecular weight excluding hydrogens is 479 g/mol. The number of rotatable bonds is 2. The first-order valence-electron chi connectivity index (χ1n) is 10.4. The number of hydrogen-bond donors (Lipinski definition) is 1. The average Bonchev–Trinajstić information content (AvgIpc) is 3.39. The Morgan fingerprint density at radius 3 is 2.41 bits per heavy atom. The van der Waals surface area contributed by atoms with Crippen molar-refractivity contribution in [3.8, 4) is 0 Å². The molecule has 1 N–H and O–H groups in total. The summed E-state index contributed by atoms with van der Waals surface area (Å²) in [5.74, 6) is -0.802. The molecule has 0 saturated heterocycles.